The van der Waals surface area contributed by atoms with E-state index in [4.69, 9.17) is 9.40 Å². The van der Waals surface area contributed by atoms with Crippen molar-refractivity contribution in [2.24, 2.45) is 5.41 Å². The molecule has 0 aliphatic carbocycles. The summed E-state index contributed by atoms with van der Waals surface area (Å²) in [4.78, 5) is 9.36. The molecule has 1 radical (unpaired) electrons. The molecule has 7 aromatic rings. The first-order valence-corrected chi connectivity index (χ1v) is 14.8. The van der Waals surface area contributed by atoms with Crippen molar-refractivity contribution >= 4 is 39.0 Å². The summed E-state index contributed by atoms with van der Waals surface area (Å²) >= 11 is 0. The summed E-state index contributed by atoms with van der Waals surface area (Å²) in [5.41, 5.74) is 11.1. The number of benzene rings is 4. The predicted octanol–water partition coefficient (Wildman–Crippen LogP) is 9.87. The predicted molar refractivity (Wildman–Crippen MR) is 177 cm³/mol. The number of para-hydroxylation sites is 1. The Balaban J connectivity index is 0.000000156. The van der Waals surface area contributed by atoms with Crippen LogP contribution in [0.3, 0.4) is 0 Å². The molecule has 4 nitrogen and oxygen atoms in total. The molecule has 0 saturated carbocycles. The van der Waals surface area contributed by atoms with E-state index in [1.165, 1.54) is 22.2 Å². The molecular weight excluding hydrogens is 719 g/mol. The zero-order valence-electron chi connectivity index (χ0n) is 25.3. The quantitative estimate of drug-likeness (QED) is 0.169. The Morgan fingerprint density at radius 1 is 0.909 bits per heavy atom. The molecule has 0 bridgehead atoms. The van der Waals surface area contributed by atoms with Gasteiger partial charge in [-0.15, -0.1) is 54.1 Å². The number of hydrogen-bond donors (Lipinski definition) is 0. The van der Waals surface area contributed by atoms with E-state index >= 15 is 0 Å². The number of aryl methyl sites for hydroxylation is 1. The van der Waals surface area contributed by atoms with Crippen LogP contribution < -0.4 is 0 Å². The molecule has 4 heterocycles. The summed E-state index contributed by atoms with van der Waals surface area (Å²) in [7, 11) is 0. The van der Waals surface area contributed by atoms with Gasteiger partial charge in [-0.25, -0.2) is 0 Å². The number of aromatic nitrogens is 3. The molecule has 0 atom stereocenters. The number of imidazole rings is 1. The molecule has 5 heteroatoms. The van der Waals surface area contributed by atoms with Crippen LogP contribution in [0.25, 0.3) is 61.7 Å². The van der Waals surface area contributed by atoms with Gasteiger partial charge in [-0.1, -0.05) is 79.8 Å². The van der Waals surface area contributed by atoms with Gasteiger partial charge < -0.3 is 14.0 Å². The van der Waals surface area contributed by atoms with E-state index in [0.29, 0.717) is 0 Å². The van der Waals surface area contributed by atoms with Gasteiger partial charge in [-0.05, 0) is 48.2 Å². The largest absolute Gasteiger partial charge is 0.501 e. The first kappa shape index (κ1) is 29.7. The van der Waals surface area contributed by atoms with Crippen LogP contribution in [0.2, 0.25) is 0 Å². The summed E-state index contributed by atoms with van der Waals surface area (Å²) in [6.45, 7) is 9.78. The van der Waals surface area contributed by atoms with E-state index < -0.39 is 0 Å². The van der Waals surface area contributed by atoms with Crippen LogP contribution in [0.5, 0.6) is 0 Å². The van der Waals surface area contributed by atoms with E-state index in [2.05, 4.69) is 104 Å². The van der Waals surface area contributed by atoms with Gasteiger partial charge in [-0.2, -0.15) is 0 Å². The molecule has 1 aliphatic rings. The fourth-order valence-corrected chi connectivity index (χ4v) is 5.97. The zero-order chi connectivity index (χ0) is 29.6. The van der Waals surface area contributed by atoms with Crippen molar-refractivity contribution in [3.8, 4) is 22.6 Å². The van der Waals surface area contributed by atoms with Crippen molar-refractivity contribution in [3.63, 3.8) is 0 Å². The van der Waals surface area contributed by atoms with Crippen molar-refractivity contribution in [3.05, 3.63) is 126 Å². The van der Waals surface area contributed by atoms with Gasteiger partial charge in [0, 0.05) is 43.8 Å². The minimum Gasteiger partial charge on any atom is -0.501 e. The Morgan fingerprint density at radius 3 is 2.57 bits per heavy atom. The van der Waals surface area contributed by atoms with Crippen LogP contribution in [-0.2, 0) is 33.1 Å². The third kappa shape index (κ3) is 5.66. The van der Waals surface area contributed by atoms with Gasteiger partial charge in [0.1, 0.15) is 5.58 Å². The van der Waals surface area contributed by atoms with Gasteiger partial charge >= 0.3 is 0 Å². The van der Waals surface area contributed by atoms with Crippen molar-refractivity contribution in [1.82, 2.24) is 14.5 Å². The van der Waals surface area contributed by atoms with Crippen molar-refractivity contribution in [2.75, 3.05) is 0 Å². The Kier molecular flexibility index (Phi) is 8.11. The molecule has 8 rings (SSSR count). The van der Waals surface area contributed by atoms with Crippen molar-refractivity contribution in [1.29, 1.82) is 0 Å². The van der Waals surface area contributed by atoms with Crippen LogP contribution >= 0.6 is 0 Å². The van der Waals surface area contributed by atoms with E-state index in [9.17, 15) is 0 Å². The Morgan fingerprint density at radius 2 is 1.75 bits per heavy atom. The molecule has 4 aromatic carbocycles. The van der Waals surface area contributed by atoms with E-state index in [1.54, 1.807) is 0 Å². The van der Waals surface area contributed by atoms with Crippen LogP contribution in [-0.4, -0.2) is 14.5 Å². The summed E-state index contributed by atoms with van der Waals surface area (Å²) < 4.78 is 8.39. The number of nitrogens with zero attached hydrogens (tertiary/aromatic N) is 3. The number of pyridine rings is 1. The van der Waals surface area contributed by atoms with Gasteiger partial charge in [-0.3, -0.25) is 4.98 Å². The molecule has 0 amide bonds. The number of hydrogen-bond acceptors (Lipinski definition) is 3. The van der Waals surface area contributed by atoms with Crippen molar-refractivity contribution in [2.45, 2.75) is 40.7 Å². The summed E-state index contributed by atoms with van der Waals surface area (Å²) in [6.07, 6.45) is 7.30. The number of allylic oxidation sites excluding steroid dienone is 1. The van der Waals surface area contributed by atoms with E-state index in [1.807, 2.05) is 48.7 Å². The Hall–Kier alpha value is -4.31. The first-order valence-electron chi connectivity index (χ1n) is 14.8. The van der Waals surface area contributed by atoms with Crippen molar-refractivity contribution < 1.29 is 24.5 Å². The van der Waals surface area contributed by atoms with Crippen LogP contribution in [0.1, 0.15) is 37.5 Å². The summed E-state index contributed by atoms with van der Waals surface area (Å²) in [6, 6.07) is 35.3. The Labute approximate surface area is 271 Å². The molecule has 0 saturated heterocycles. The fraction of sp³-hybridized carbons (Fsp3) is 0.179. The molecule has 44 heavy (non-hydrogen) atoms. The Bertz CT molecular complexity index is 2130. The average Bonchev–Trinajstić information content (AvgIpc) is 3.59. The van der Waals surface area contributed by atoms with E-state index in [-0.39, 0.29) is 25.5 Å². The smallest absolute Gasteiger partial charge is 0.120 e. The van der Waals surface area contributed by atoms with Crippen LogP contribution in [0.15, 0.2) is 102 Å². The molecule has 3 aromatic heterocycles. The van der Waals surface area contributed by atoms with E-state index in [0.717, 1.165) is 63.1 Å². The van der Waals surface area contributed by atoms with Gasteiger partial charge in [0.05, 0.1) is 22.4 Å². The van der Waals surface area contributed by atoms with Gasteiger partial charge in [0.25, 0.3) is 0 Å². The number of furan rings is 1. The van der Waals surface area contributed by atoms with Crippen LogP contribution in [0.4, 0.5) is 0 Å². The molecule has 0 unspecified atom stereocenters. The third-order valence-corrected chi connectivity index (χ3v) is 7.84. The number of fused-ring (bicyclic) bond motifs is 3. The molecule has 0 fully saturated rings. The second-order valence-corrected chi connectivity index (χ2v) is 12.4. The number of rotatable bonds is 3. The zero-order valence-corrected chi connectivity index (χ0v) is 27.7. The minimum absolute atomic E-state index is 0. The second-order valence-electron chi connectivity index (χ2n) is 12.4. The monoisotopic (exact) mass is 752 g/mol. The maximum atomic E-state index is 6.11. The topological polar surface area (TPSA) is 43.9 Å². The molecule has 1 aliphatic heterocycles. The fourth-order valence-electron chi connectivity index (χ4n) is 5.97. The first-order chi connectivity index (χ1) is 20.9. The minimum atomic E-state index is 0. The molecular formula is C39H33IrN3O-2. The van der Waals surface area contributed by atoms with Gasteiger partial charge in [0.2, 0.25) is 0 Å². The van der Waals surface area contributed by atoms with Crippen LogP contribution in [0, 0.1) is 24.5 Å². The molecule has 221 valence electrons. The third-order valence-electron chi connectivity index (χ3n) is 7.84. The maximum absolute atomic E-state index is 6.11. The normalized spacial score (nSPS) is 12.3. The molecule has 0 spiro atoms. The second kappa shape index (κ2) is 12.0. The maximum Gasteiger partial charge on any atom is 0.120 e. The standard InChI is InChI=1S/C22H20NO.C17H13N2.Ir/c1-22(2,3)14-15-11-12-23-19(13-15)18-9-6-8-17-16-7-4-5-10-20(16)24-21(17)18;1-12-9-10-15-16-14(12)8-5-11-19(16)17(18-15)13-6-3-2-4-7-13;/h4-8,10-13H,14H2,1-3H3;2-6,8-10H,11H2,1H3;/q2*-1;. The summed E-state index contributed by atoms with van der Waals surface area (Å²) in [5, 5.41) is 2.25. The summed E-state index contributed by atoms with van der Waals surface area (Å²) in [5.74, 6) is 1.01. The van der Waals surface area contributed by atoms with Gasteiger partial charge in [0.15, 0.2) is 0 Å². The average molecular weight is 752 g/mol. The molecule has 0 N–H and O–H groups in total. The SMILES string of the molecule is CC(C)(C)Cc1ccnc(-c2[c-]ccc3c2oc2ccccc23)c1.Cc1ccc2nc(-c3[c-]cccc3)n3c2c1C=CC3.[Ir].